The van der Waals surface area contributed by atoms with Gasteiger partial charge < -0.3 is 15.4 Å². The molecule has 0 aromatic rings. The number of hydrogen-bond acceptors (Lipinski definition) is 4. The second-order valence-corrected chi connectivity index (χ2v) is 6.22. The highest BCUT2D eigenvalue weighted by molar-refractivity contribution is 5.85. The van der Waals surface area contributed by atoms with Crippen LogP contribution in [-0.2, 0) is 14.3 Å². The molecule has 1 saturated carbocycles. The lowest BCUT2D eigenvalue weighted by Gasteiger charge is -2.38. The van der Waals surface area contributed by atoms with Crippen LogP contribution in [0.15, 0.2) is 0 Å². The Bertz CT molecular complexity index is 364. The van der Waals surface area contributed by atoms with E-state index in [1.807, 2.05) is 0 Å². The van der Waals surface area contributed by atoms with Gasteiger partial charge in [0.15, 0.2) is 0 Å². The highest BCUT2D eigenvalue weighted by Gasteiger charge is 2.37. The molecule has 1 atom stereocenters. The van der Waals surface area contributed by atoms with Gasteiger partial charge in [-0.05, 0) is 32.1 Å². The summed E-state index contributed by atoms with van der Waals surface area (Å²) in [5.74, 6) is -0.280. The van der Waals surface area contributed by atoms with E-state index in [4.69, 9.17) is 10.5 Å². The Morgan fingerprint density at radius 3 is 2.55 bits per heavy atom. The normalized spacial score (nSPS) is 26.1. The molecule has 114 valence electrons. The lowest BCUT2D eigenvalue weighted by Crippen LogP contribution is -2.52. The molecule has 2 rings (SSSR count). The number of amides is 1. The van der Waals surface area contributed by atoms with Gasteiger partial charge in [-0.3, -0.25) is 4.79 Å². The second kappa shape index (κ2) is 6.57. The number of nitrogens with zero attached hydrogens (tertiary/aromatic N) is 1. The number of nitrogens with two attached hydrogens (primary N) is 1. The number of carbonyl (C=O) groups is 2. The number of methoxy groups -OCH3 is 1. The minimum Gasteiger partial charge on any atom is -0.467 e. The first-order valence-electron chi connectivity index (χ1n) is 7.72. The van der Waals surface area contributed by atoms with Crippen LogP contribution in [0.1, 0.15) is 57.8 Å². The number of rotatable bonds is 3. The molecular formula is C15H26N2O3. The lowest BCUT2D eigenvalue weighted by atomic mass is 9.79. The van der Waals surface area contributed by atoms with Gasteiger partial charge in [-0.15, -0.1) is 0 Å². The van der Waals surface area contributed by atoms with Crippen LogP contribution >= 0.6 is 0 Å². The quantitative estimate of drug-likeness (QED) is 0.798. The summed E-state index contributed by atoms with van der Waals surface area (Å²) in [5.41, 5.74) is 5.99. The van der Waals surface area contributed by atoms with Gasteiger partial charge in [0.05, 0.1) is 7.11 Å². The Morgan fingerprint density at radius 1 is 1.20 bits per heavy atom. The van der Waals surface area contributed by atoms with Gasteiger partial charge in [0, 0.05) is 18.5 Å². The Balaban J connectivity index is 2.00. The third kappa shape index (κ3) is 3.51. The number of ether oxygens (including phenoxy) is 1. The smallest absolute Gasteiger partial charge is 0.328 e. The molecule has 0 radical (unpaired) electrons. The molecular weight excluding hydrogens is 256 g/mol. The molecule has 0 spiro atoms. The van der Waals surface area contributed by atoms with E-state index in [1.165, 1.54) is 13.5 Å². The first-order valence-corrected chi connectivity index (χ1v) is 7.72. The summed E-state index contributed by atoms with van der Waals surface area (Å²) in [6.07, 6.45) is 8.23. The van der Waals surface area contributed by atoms with E-state index >= 15 is 0 Å². The molecule has 2 fully saturated rings. The first-order chi connectivity index (χ1) is 9.56. The SMILES string of the molecule is COC(=O)C1CCCCN1C(=O)CC1(N)CCCCC1. The number of carbonyl (C=O) groups excluding carboxylic acids is 2. The van der Waals surface area contributed by atoms with Crippen molar-refractivity contribution in [3.05, 3.63) is 0 Å². The lowest BCUT2D eigenvalue weighted by molar-refractivity contribution is -0.155. The molecule has 2 N–H and O–H groups in total. The van der Waals surface area contributed by atoms with E-state index < -0.39 is 6.04 Å². The fourth-order valence-corrected chi connectivity index (χ4v) is 3.45. The maximum absolute atomic E-state index is 12.5. The van der Waals surface area contributed by atoms with Gasteiger partial charge in [-0.25, -0.2) is 4.79 Å². The monoisotopic (exact) mass is 282 g/mol. The van der Waals surface area contributed by atoms with Gasteiger partial charge in [-0.1, -0.05) is 19.3 Å². The molecule has 0 bridgehead atoms. The van der Waals surface area contributed by atoms with Crippen molar-refractivity contribution in [2.45, 2.75) is 69.4 Å². The van der Waals surface area contributed by atoms with E-state index in [0.717, 1.165) is 38.5 Å². The molecule has 1 heterocycles. The molecule has 1 amide bonds. The van der Waals surface area contributed by atoms with E-state index in [1.54, 1.807) is 4.90 Å². The van der Waals surface area contributed by atoms with Crippen molar-refractivity contribution in [2.75, 3.05) is 13.7 Å². The topological polar surface area (TPSA) is 72.6 Å². The second-order valence-electron chi connectivity index (χ2n) is 6.22. The maximum Gasteiger partial charge on any atom is 0.328 e. The van der Waals surface area contributed by atoms with Gasteiger partial charge in [-0.2, -0.15) is 0 Å². The maximum atomic E-state index is 12.5. The van der Waals surface area contributed by atoms with Gasteiger partial charge >= 0.3 is 5.97 Å². The summed E-state index contributed by atoms with van der Waals surface area (Å²) < 4.78 is 4.82. The minimum atomic E-state index is -0.409. The first kappa shape index (κ1) is 15.3. The molecule has 0 aromatic heterocycles. The predicted octanol–water partition coefficient (Wildman–Crippen LogP) is 1.59. The Labute approximate surface area is 120 Å². The standard InChI is InChI=1S/C15H26N2O3/c1-20-14(19)12-7-3-6-10-17(12)13(18)11-15(16)8-4-2-5-9-15/h12H,2-11,16H2,1H3. The Morgan fingerprint density at radius 2 is 1.90 bits per heavy atom. The Kier molecular flexibility index (Phi) is 5.02. The molecule has 0 aromatic carbocycles. The van der Waals surface area contributed by atoms with Crippen LogP contribution in [0.5, 0.6) is 0 Å². The van der Waals surface area contributed by atoms with Crippen molar-refractivity contribution in [1.29, 1.82) is 0 Å². The number of hydrogen-bond donors (Lipinski definition) is 1. The van der Waals surface area contributed by atoms with E-state index in [0.29, 0.717) is 19.4 Å². The van der Waals surface area contributed by atoms with Crippen LogP contribution < -0.4 is 5.73 Å². The summed E-state index contributed by atoms with van der Waals surface area (Å²) in [6, 6.07) is -0.409. The van der Waals surface area contributed by atoms with Crippen LogP contribution in [-0.4, -0.2) is 42.0 Å². The Hall–Kier alpha value is -1.10. The molecule has 1 aliphatic carbocycles. The number of piperidine rings is 1. The summed E-state index contributed by atoms with van der Waals surface area (Å²) in [7, 11) is 1.38. The summed E-state index contributed by atoms with van der Waals surface area (Å²) in [6.45, 7) is 0.648. The molecule has 20 heavy (non-hydrogen) atoms. The molecule has 5 nitrogen and oxygen atoms in total. The summed E-state index contributed by atoms with van der Waals surface area (Å²) in [5, 5.41) is 0. The number of esters is 1. The van der Waals surface area contributed by atoms with Gasteiger partial charge in [0.1, 0.15) is 6.04 Å². The van der Waals surface area contributed by atoms with Crippen molar-refractivity contribution < 1.29 is 14.3 Å². The molecule has 2 aliphatic rings. The fourth-order valence-electron chi connectivity index (χ4n) is 3.45. The minimum absolute atomic E-state index is 0.0181. The van der Waals surface area contributed by atoms with E-state index in [9.17, 15) is 9.59 Å². The average molecular weight is 282 g/mol. The molecule has 5 heteroatoms. The van der Waals surface area contributed by atoms with Crippen LogP contribution in [0.25, 0.3) is 0 Å². The van der Waals surface area contributed by atoms with Crippen molar-refractivity contribution in [3.8, 4) is 0 Å². The van der Waals surface area contributed by atoms with Crippen LogP contribution in [0, 0.1) is 0 Å². The highest BCUT2D eigenvalue weighted by Crippen LogP contribution is 2.30. The third-order valence-electron chi connectivity index (χ3n) is 4.65. The van der Waals surface area contributed by atoms with Crippen molar-refractivity contribution in [3.63, 3.8) is 0 Å². The van der Waals surface area contributed by atoms with E-state index in [2.05, 4.69) is 0 Å². The zero-order valence-electron chi connectivity index (χ0n) is 12.4. The van der Waals surface area contributed by atoms with Crippen molar-refractivity contribution in [2.24, 2.45) is 5.73 Å². The summed E-state index contributed by atoms with van der Waals surface area (Å²) in [4.78, 5) is 26.0. The number of likely N-dealkylation sites (tertiary alicyclic amines) is 1. The zero-order chi connectivity index (χ0) is 14.6. The van der Waals surface area contributed by atoms with Gasteiger partial charge in [0.25, 0.3) is 0 Å². The highest BCUT2D eigenvalue weighted by atomic mass is 16.5. The molecule has 1 saturated heterocycles. The largest absolute Gasteiger partial charge is 0.467 e. The van der Waals surface area contributed by atoms with Crippen LogP contribution in [0.2, 0.25) is 0 Å². The van der Waals surface area contributed by atoms with Crippen LogP contribution in [0.4, 0.5) is 0 Å². The predicted molar refractivity (Wildman–Crippen MR) is 76.0 cm³/mol. The van der Waals surface area contributed by atoms with Crippen molar-refractivity contribution >= 4 is 11.9 Å². The van der Waals surface area contributed by atoms with Crippen LogP contribution in [0.3, 0.4) is 0 Å². The third-order valence-corrected chi connectivity index (χ3v) is 4.65. The molecule has 1 aliphatic heterocycles. The van der Waals surface area contributed by atoms with Crippen molar-refractivity contribution in [1.82, 2.24) is 4.90 Å². The average Bonchev–Trinajstić information content (AvgIpc) is 2.46. The zero-order valence-corrected chi connectivity index (χ0v) is 12.4. The fraction of sp³-hybridized carbons (Fsp3) is 0.867. The summed E-state index contributed by atoms with van der Waals surface area (Å²) >= 11 is 0. The molecule has 1 unspecified atom stereocenters. The van der Waals surface area contributed by atoms with E-state index in [-0.39, 0.29) is 17.4 Å². The van der Waals surface area contributed by atoms with Gasteiger partial charge in [0.2, 0.25) is 5.91 Å².